The van der Waals surface area contributed by atoms with E-state index < -0.39 is 0 Å². The molecule has 0 spiro atoms. The summed E-state index contributed by atoms with van der Waals surface area (Å²) in [7, 11) is 0. The summed E-state index contributed by atoms with van der Waals surface area (Å²) in [5, 5.41) is 16.1. The molecular formula is C19H16N4OS. The molecular weight excluding hydrogens is 332 g/mol. The first-order valence-electron chi connectivity index (χ1n) is 7.87. The second-order valence-corrected chi connectivity index (χ2v) is 6.96. The molecule has 25 heavy (non-hydrogen) atoms. The topological polar surface area (TPSA) is 76.9 Å². The minimum Gasteiger partial charge on any atom is -0.442 e. The van der Waals surface area contributed by atoms with Crippen LogP contribution in [0, 0.1) is 18.3 Å². The van der Waals surface area contributed by atoms with Gasteiger partial charge in [0.15, 0.2) is 5.82 Å². The summed E-state index contributed by atoms with van der Waals surface area (Å²) in [6, 6.07) is 14.3. The van der Waals surface area contributed by atoms with E-state index in [1.54, 1.807) is 16.0 Å². The van der Waals surface area contributed by atoms with E-state index in [1.807, 2.05) is 55.6 Å². The van der Waals surface area contributed by atoms with Crippen LogP contribution in [0.2, 0.25) is 0 Å². The summed E-state index contributed by atoms with van der Waals surface area (Å²) in [5.41, 5.74) is 9.61. The predicted octanol–water partition coefficient (Wildman–Crippen LogP) is 4.15. The number of aromatic nitrogens is 2. The van der Waals surface area contributed by atoms with Crippen LogP contribution < -0.4 is 10.5 Å². The van der Waals surface area contributed by atoms with Gasteiger partial charge in [-0.25, -0.2) is 0 Å². The quantitative estimate of drug-likeness (QED) is 0.755. The summed E-state index contributed by atoms with van der Waals surface area (Å²) < 4.78 is 7.69. The molecule has 0 fully saturated rings. The molecule has 0 aliphatic carbocycles. The first-order valence-corrected chi connectivity index (χ1v) is 8.75. The number of fused-ring (bicyclic) bond motifs is 1. The number of thiophene rings is 1. The Morgan fingerprint density at radius 1 is 1.24 bits per heavy atom. The van der Waals surface area contributed by atoms with E-state index in [0.29, 0.717) is 23.0 Å². The van der Waals surface area contributed by atoms with Gasteiger partial charge in [-0.15, -0.1) is 16.4 Å². The molecule has 4 rings (SSSR count). The molecule has 3 heterocycles. The van der Waals surface area contributed by atoms with Crippen molar-refractivity contribution < 1.29 is 4.74 Å². The second-order valence-electron chi connectivity index (χ2n) is 5.98. The number of benzene rings is 1. The van der Waals surface area contributed by atoms with Crippen LogP contribution in [0.1, 0.15) is 28.8 Å². The van der Waals surface area contributed by atoms with E-state index in [2.05, 4.69) is 11.2 Å². The normalized spacial score (nSPS) is 16.3. The number of nitrogen functional groups attached to an aromatic ring is 1. The summed E-state index contributed by atoms with van der Waals surface area (Å²) >= 11 is 1.60. The fourth-order valence-corrected chi connectivity index (χ4v) is 3.94. The van der Waals surface area contributed by atoms with Crippen LogP contribution in [-0.4, -0.2) is 9.78 Å². The van der Waals surface area contributed by atoms with Gasteiger partial charge in [0.1, 0.15) is 5.76 Å². The molecule has 0 saturated heterocycles. The summed E-state index contributed by atoms with van der Waals surface area (Å²) in [5.74, 6) is 1.31. The Morgan fingerprint density at radius 2 is 2.00 bits per heavy atom. The number of nitriles is 1. The zero-order chi connectivity index (χ0) is 17.6. The SMILES string of the molecule is CC1=C(C#N)C(c2cccs2)c2c(N)nn(-c3ccc(C)cc3)c2O1. The second kappa shape index (κ2) is 5.80. The van der Waals surface area contributed by atoms with Gasteiger partial charge in [0.05, 0.1) is 28.8 Å². The third-order valence-corrected chi connectivity index (χ3v) is 5.28. The monoisotopic (exact) mass is 348 g/mol. The van der Waals surface area contributed by atoms with Crippen LogP contribution >= 0.6 is 11.3 Å². The lowest BCUT2D eigenvalue weighted by Gasteiger charge is -2.24. The molecule has 124 valence electrons. The molecule has 1 unspecified atom stereocenters. The van der Waals surface area contributed by atoms with Gasteiger partial charge in [0.2, 0.25) is 5.88 Å². The van der Waals surface area contributed by atoms with E-state index in [1.165, 1.54) is 0 Å². The highest BCUT2D eigenvalue weighted by molar-refractivity contribution is 7.10. The Kier molecular flexibility index (Phi) is 3.59. The number of allylic oxidation sites excluding steroid dienone is 2. The van der Waals surface area contributed by atoms with Crippen LogP contribution in [0.5, 0.6) is 5.88 Å². The molecule has 5 nitrogen and oxygen atoms in total. The largest absolute Gasteiger partial charge is 0.442 e. The molecule has 0 amide bonds. The van der Waals surface area contributed by atoms with E-state index >= 15 is 0 Å². The van der Waals surface area contributed by atoms with Crippen molar-refractivity contribution in [2.75, 3.05) is 5.73 Å². The van der Waals surface area contributed by atoms with Crippen LogP contribution in [0.3, 0.4) is 0 Å². The van der Waals surface area contributed by atoms with Crippen LogP contribution in [-0.2, 0) is 0 Å². The van der Waals surface area contributed by atoms with E-state index in [-0.39, 0.29) is 5.92 Å². The van der Waals surface area contributed by atoms with Gasteiger partial charge >= 0.3 is 0 Å². The molecule has 1 aromatic carbocycles. The zero-order valence-electron chi connectivity index (χ0n) is 13.9. The highest BCUT2D eigenvalue weighted by Crippen LogP contribution is 2.47. The van der Waals surface area contributed by atoms with Crippen molar-refractivity contribution in [1.29, 1.82) is 5.26 Å². The highest BCUT2D eigenvalue weighted by Gasteiger charge is 2.36. The number of hydrogen-bond acceptors (Lipinski definition) is 5. The molecule has 0 saturated carbocycles. The lowest BCUT2D eigenvalue weighted by Crippen LogP contribution is -2.15. The zero-order valence-corrected chi connectivity index (χ0v) is 14.7. The fourth-order valence-electron chi connectivity index (χ4n) is 3.09. The van der Waals surface area contributed by atoms with Crippen molar-refractivity contribution in [2.24, 2.45) is 0 Å². The van der Waals surface area contributed by atoms with Gasteiger partial charge in [-0.3, -0.25) is 0 Å². The van der Waals surface area contributed by atoms with Gasteiger partial charge in [-0.05, 0) is 37.4 Å². The molecule has 0 bridgehead atoms. The molecule has 1 aliphatic rings. The maximum absolute atomic E-state index is 9.65. The molecule has 3 aromatic rings. The average Bonchev–Trinajstić information content (AvgIpc) is 3.23. The maximum atomic E-state index is 9.65. The standard InChI is InChI=1S/C19H16N4OS/c1-11-5-7-13(8-6-11)23-19-17(18(21)22-23)16(15-4-3-9-25-15)14(10-20)12(2)24-19/h3-9,16H,1-2H3,(H2,21,22). The number of nitrogens with zero attached hydrogens (tertiary/aromatic N) is 3. The van der Waals surface area contributed by atoms with E-state index in [4.69, 9.17) is 10.5 Å². The summed E-state index contributed by atoms with van der Waals surface area (Å²) in [6.45, 7) is 3.84. The van der Waals surface area contributed by atoms with Gasteiger partial charge in [-0.1, -0.05) is 23.8 Å². The Labute approximate surface area is 149 Å². The first kappa shape index (κ1) is 15.5. The molecule has 1 aliphatic heterocycles. The van der Waals surface area contributed by atoms with Gasteiger partial charge in [0, 0.05) is 4.88 Å². The Bertz CT molecular complexity index is 1010. The average molecular weight is 348 g/mol. The van der Waals surface area contributed by atoms with Crippen molar-refractivity contribution in [2.45, 2.75) is 19.8 Å². The van der Waals surface area contributed by atoms with Crippen LogP contribution in [0.4, 0.5) is 5.82 Å². The fraction of sp³-hybridized carbons (Fsp3) is 0.158. The van der Waals surface area contributed by atoms with Gasteiger partial charge in [-0.2, -0.15) is 9.94 Å². The summed E-state index contributed by atoms with van der Waals surface area (Å²) in [4.78, 5) is 1.05. The van der Waals surface area contributed by atoms with Crippen molar-refractivity contribution >= 4 is 17.2 Å². The van der Waals surface area contributed by atoms with Crippen LogP contribution in [0.25, 0.3) is 5.69 Å². The van der Waals surface area contributed by atoms with E-state index in [9.17, 15) is 5.26 Å². The Balaban J connectivity index is 1.94. The third-order valence-electron chi connectivity index (χ3n) is 4.34. The third kappa shape index (κ3) is 2.41. The number of aryl methyl sites for hydroxylation is 1. The van der Waals surface area contributed by atoms with Gasteiger partial charge < -0.3 is 10.5 Å². The molecule has 1 atom stereocenters. The Morgan fingerprint density at radius 3 is 2.64 bits per heavy atom. The number of anilines is 1. The summed E-state index contributed by atoms with van der Waals surface area (Å²) in [6.07, 6.45) is 0. The highest BCUT2D eigenvalue weighted by atomic mass is 32.1. The minimum atomic E-state index is -0.243. The lowest BCUT2D eigenvalue weighted by atomic mass is 9.89. The lowest BCUT2D eigenvalue weighted by molar-refractivity contribution is 0.374. The molecule has 2 aromatic heterocycles. The first-order chi connectivity index (χ1) is 12.1. The smallest absolute Gasteiger partial charge is 0.228 e. The number of rotatable bonds is 2. The number of hydrogen-bond donors (Lipinski definition) is 1. The number of nitrogens with two attached hydrogens (primary N) is 1. The molecule has 2 N–H and O–H groups in total. The minimum absolute atomic E-state index is 0.243. The molecule has 0 radical (unpaired) electrons. The van der Waals surface area contributed by atoms with Crippen molar-refractivity contribution in [3.05, 3.63) is 69.1 Å². The number of ether oxygens (including phenoxy) is 1. The predicted molar refractivity (Wildman–Crippen MR) is 97.8 cm³/mol. The molecule has 6 heteroatoms. The van der Waals surface area contributed by atoms with Gasteiger partial charge in [0.25, 0.3) is 0 Å². The maximum Gasteiger partial charge on any atom is 0.228 e. The Hall–Kier alpha value is -3.04. The van der Waals surface area contributed by atoms with Crippen molar-refractivity contribution in [3.8, 4) is 17.6 Å². The van der Waals surface area contributed by atoms with Crippen LogP contribution in [0.15, 0.2) is 53.1 Å². The van der Waals surface area contributed by atoms with Crippen molar-refractivity contribution in [1.82, 2.24) is 9.78 Å². The van der Waals surface area contributed by atoms with E-state index in [0.717, 1.165) is 21.7 Å². The van der Waals surface area contributed by atoms with Crippen molar-refractivity contribution in [3.63, 3.8) is 0 Å².